The molecule has 0 amide bonds. The molecule has 1 aliphatic heterocycles. The van der Waals surface area contributed by atoms with Gasteiger partial charge in [0.15, 0.2) is 17.5 Å². The molecule has 3 unspecified atom stereocenters. The Bertz CT molecular complexity index is 1680. The van der Waals surface area contributed by atoms with Gasteiger partial charge in [-0.25, -0.2) is 15.0 Å². The van der Waals surface area contributed by atoms with Crippen LogP contribution in [0.25, 0.3) is 34.2 Å². The molecule has 0 saturated heterocycles. The lowest BCUT2D eigenvalue weighted by Gasteiger charge is -2.36. The van der Waals surface area contributed by atoms with Crippen molar-refractivity contribution in [1.29, 1.82) is 0 Å². The Balaban J connectivity index is 1.36. The Morgan fingerprint density at radius 2 is 1.16 bits per heavy atom. The van der Waals surface area contributed by atoms with E-state index in [-0.39, 0.29) is 0 Å². The van der Waals surface area contributed by atoms with E-state index in [0.717, 1.165) is 34.7 Å². The summed E-state index contributed by atoms with van der Waals surface area (Å²) in [6.07, 6.45) is 4.87. The lowest BCUT2D eigenvalue weighted by molar-refractivity contribution is 0.306. The van der Waals surface area contributed by atoms with Gasteiger partial charge in [0.05, 0.1) is 5.69 Å². The van der Waals surface area contributed by atoms with Crippen LogP contribution in [0.2, 0.25) is 0 Å². The topological polar surface area (TPSA) is 51.0 Å². The van der Waals surface area contributed by atoms with Gasteiger partial charge < -0.3 is 0 Å². The number of rotatable bonds is 4. The van der Waals surface area contributed by atoms with Crippen LogP contribution in [-0.4, -0.2) is 25.9 Å². The number of benzene rings is 4. The molecule has 5 heteroatoms. The summed E-state index contributed by atoms with van der Waals surface area (Å²) < 4.78 is 0. The summed E-state index contributed by atoms with van der Waals surface area (Å²) in [7, 11) is 0. The maximum absolute atomic E-state index is 5.41. The molecular weight excluding hydrogens is 545 g/mol. The first-order valence-electron chi connectivity index (χ1n) is 15.4. The number of thioether (sulfide) groups is 1. The third kappa shape index (κ3) is 6.05. The molecule has 1 fully saturated rings. The van der Waals surface area contributed by atoms with Crippen molar-refractivity contribution >= 4 is 23.2 Å². The van der Waals surface area contributed by atoms with Crippen molar-refractivity contribution in [3.63, 3.8) is 0 Å². The summed E-state index contributed by atoms with van der Waals surface area (Å²) in [5.41, 5.74) is 7.67. The van der Waals surface area contributed by atoms with E-state index in [1.54, 1.807) is 0 Å². The van der Waals surface area contributed by atoms with Crippen molar-refractivity contribution < 1.29 is 0 Å². The lowest BCUT2D eigenvalue weighted by atomic mass is 9.79. The van der Waals surface area contributed by atoms with Gasteiger partial charge in [0.25, 0.3) is 0 Å². The van der Waals surface area contributed by atoms with E-state index >= 15 is 0 Å². The first kappa shape index (κ1) is 27.7. The predicted molar refractivity (Wildman–Crippen MR) is 180 cm³/mol. The van der Waals surface area contributed by atoms with Gasteiger partial charge in [0.1, 0.15) is 0 Å². The molecule has 0 bridgehead atoms. The van der Waals surface area contributed by atoms with Crippen LogP contribution in [0.5, 0.6) is 0 Å². The summed E-state index contributed by atoms with van der Waals surface area (Å²) in [6, 6.07) is 37.7. The van der Waals surface area contributed by atoms with Crippen molar-refractivity contribution in [1.82, 2.24) is 15.0 Å². The first-order chi connectivity index (χ1) is 21.1. The monoisotopic (exact) mass is 580 g/mol. The van der Waals surface area contributed by atoms with E-state index in [0.29, 0.717) is 33.9 Å². The third-order valence-corrected chi connectivity index (χ3v) is 10.4. The van der Waals surface area contributed by atoms with Crippen LogP contribution in [-0.2, 0) is 0 Å². The van der Waals surface area contributed by atoms with Crippen LogP contribution < -0.4 is 0 Å². The molecule has 214 valence electrons. The molecule has 0 radical (unpaired) electrons. The largest absolute Gasteiger partial charge is 0.253 e. The molecule has 0 N–H and O–H groups in total. The molecule has 4 nitrogen and oxygen atoms in total. The Kier molecular flexibility index (Phi) is 7.90. The second kappa shape index (κ2) is 12.3. The summed E-state index contributed by atoms with van der Waals surface area (Å²) in [6.45, 7) is 4.77. The minimum absolute atomic E-state index is 0.302. The van der Waals surface area contributed by atoms with Gasteiger partial charge >= 0.3 is 0 Å². The molecule has 5 aromatic rings. The maximum Gasteiger partial charge on any atom is 0.164 e. The van der Waals surface area contributed by atoms with E-state index in [1.807, 2.05) is 36.4 Å². The summed E-state index contributed by atoms with van der Waals surface area (Å²) in [5, 5.41) is 0.921. The molecule has 2 aliphatic rings. The zero-order chi connectivity index (χ0) is 29.2. The number of nitrogens with zero attached hydrogens (tertiary/aromatic N) is 4. The fourth-order valence-corrected chi connectivity index (χ4v) is 8.19. The third-order valence-electron chi connectivity index (χ3n) is 8.81. The van der Waals surface area contributed by atoms with E-state index in [9.17, 15) is 0 Å². The van der Waals surface area contributed by atoms with E-state index in [1.165, 1.54) is 36.1 Å². The van der Waals surface area contributed by atoms with Crippen molar-refractivity contribution in [3.8, 4) is 34.2 Å². The second-order valence-electron chi connectivity index (χ2n) is 11.9. The fraction of sp³-hybridized carbons (Fsp3) is 0.263. The van der Waals surface area contributed by atoms with Gasteiger partial charge in [-0.05, 0) is 67.3 Å². The molecule has 2 heterocycles. The van der Waals surface area contributed by atoms with Gasteiger partial charge in [0.2, 0.25) is 0 Å². The van der Waals surface area contributed by atoms with Crippen LogP contribution in [0, 0.1) is 11.8 Å². The molecule has 7 rings (SSSR count). The molecule has 1 aliphatic carbocycles. The number of aliphatic imine (C=N–C) groups is 1. The van der Waals surface area contributed by atoms with Crippen LogP contribution in [0.4, 0.5) is 5.69 Å². The highest BCUT2D eigenvalue weighted by atomic mass is 32.2. The van der Waals surface area contributed by atoms with E-state index in [2.05, 4.69) is 98.4 Å². The fourth-order valence-electron chi connectivity index (χ4n) is 6.44. The van der Waals surface area contributed by atoms with Crippen LogP contribution >= 0.6 is 11.8 Å². The zero-order valence-electron chi connectivity index (χ0n) is 24.7. The Morgan fingerprint density at radius 3 is 1.77 bits per heavy atom. The van der Waals surface area contributed by atoms with Crippen molar-refractivity contribution in [2.24, 2.45) is 16.8 Å². The van der Waals surface area contributed by atoms with Crippen molar-refractivity contribution in [2.75, 3.05) is 0 Å². The summed E-state index contributed by atoms with van der Waals surface area (Å²) in [4.78, 5) is 20.3. The summed E-state index contributed by atoms with van der Waals surface area (Å²) in [5.74, 6) is 3.45. The summed E-state index contributed by atoms with van der Waals surface area (Å²) >= 11 is 2.14. The zero-order valence-corrected chi connectivity index (χ0v) is 25.5. The van der Waals surface area contributed by atoms with Crippen molar-refractivity contribution in [2.45, 2.75) is 50.0 Å². The second-order valence-corrected chi connectivity index (χ2v) is 13.5. The van der Waals surface area contributed by atoms with Gasteiger partial charge in [-0.3, -0.25) is 4.99 Å². The predicted octanol–water partition coefficient (Wildman–Crippen LogP) is 10.00. The van der Waals surface area contributed by atoms with Gasteiger partial charge in [-0.2, -0.15) is 11.8 Å². The number of fused-ring (bicyclic) bond motifs is 2. The average Bonchev–Trinajstić information content (AvgIpc) is 3.12. The van der Waals surface area contributed by atoms with Gasteiger partial charge in [0, 0.05) is 32.9 Å². The molecule has 4 aromatic carbocycles. The lowest BCUT2D eigenvalue weighted by Crippen LogP contribution is -2.28. The number of hydrogen-bond acceptors (Lipinski definition) is 5. The van der Waals surface area contributed by atoms with E-state index in [4.69, 9.17) is 19.9 Å². The standard InChI is InChI=1S/C38H36N4S/c1-25-18-19-30-24-34(27-12-6-3-7-13-27)39-33-21-20-31(23-32(33)26(2)43-35(30)22-25)38-41-36(28-14-8-4-9-15-28)40-37(42-38)29-16-10-5-11-17-29/h3-17,20-21,23,25-26,30,35H,18-19,22,24H2,1-2H3/t25?,26?,30?,35-/m1/s1. The van der Waals surface area contributed by atoms with Crippen molar-refractivity contribution in [3.05, 3.63) is 120 Å². The Labute approximate surface area is 258 Å². The molecule has 1 saturated carbocycles. The highest BCUT2D eigenvalue weighted by molar-refractivity contribution is 8.00. The smallest absolute Gasteiger partial charge is 0.164 e. The minimum Gasteiger partial charge on any atom is -0.253 e. The van der Waals surface area contributed by atoms with Crippen LogP contribution in [0.15, 0.2) is 114 Å². The highest BCUT2D eigenvalue weighted by Gasteiger charge is 2.33. The maximum atomic E-state index is 5.41. The van der Waals surface area contributed by atoms with E-state index < -0.39 is 0 Å². The van der Waals surface area contributed by atoms with Gasteiger partial charge in [-0.15, -0.1) is 0 Å². The molecule has 43 heavy (non-hydrogen) atoms. The molecule has 4 atom stereocenters. The number of aromatic nitrogens is 3. The average molecular weight is 581 g/mol. The van der Waals surface area contributed by atoms with Crippen LogP contribution in [0.1, 0.15) is 55.9 Å². The highest BCUT2D eigenvalue weighted by Crippen LogP contribution is 2.48. The first-order valence-corrected chi connectivity index (χ1v) is 16.3. The Morgan fingerprint density at radius 1 is 0.605 bits per heavy atom. The molecule has 0 spiro atoms. The molecular formula is C38H36N4S. The SMILES string of the molecule is CC1CCC2CC(c3ccccc3)=Nc3ccc(-c4nc(-c5ccccc5)nc(-c5ccccc5)n4)cc3C(C)S[C@@H]2C1. The normalized spacial score (nSPS) is 21.9. The quantitative estimate of drug-likeness (QED) is 0.212. The minimum atomic E-state index is 0.302. The Hall–Kier alpha value is -4.09. The van der Waals surface area contributed by atoms with Gasteiger partial charge in [-0.1, -0.05) is 104 Å². The molecule has 1 aromatic heterocycles. The number of hydrogen-bond donors (Lipinski definition) is 0. The van der Waals surface area contributed by atoms with Crippen LogP contribution in [0.3, 0.4) is 0 Å².